The number of nitrogens with zero attached hydrogens (tertiary/aromatic N) is 1. The maximum Gasteiger partial charge on any atom is 0.137 e. The highest BCUT2D eigenvalue weighted by Gasteiger charge is 2.15. The monoisotopic (exact) mass is 338 g/mol. The lowest BCUT2D eigenvalue weighted by molar-refractivity contribution is 0.315. The Morgan fingerprint density at radius 3 is 2.85 bits per heavy atom. The Morgan fingerprint density at radius 2 is 2.15 bits per heavy atom. The predicted octanol–water partition coefficient (Wildman–Crippen LogP) is 3.82. The van der Waals surface area contributed by atoms with Crippen LogP contribution in [0, 0.1) is 5.82 Å². The van der Waals surface area contributed by atoms with Crippen LogP contribution in [0.4, 0.5) is 4.39 Å². The Hall–Kier alpha value is -1.46. The summed E-state index contributed by atoms with van der Waals surface area (Å²) in [6.07, 6.45) is 4.17. The van der Waals surface area contributed by atoms with Gasteiger partial charge in [0.25, 0.3) is 0 Å². The summed E-state index contributed by atoms with van der Waals surface area (Å²) in [6.45, 7) is 2.65. The van der Waals surface area contributed by atoms with Crippen LogP contribution in [0.15, 0.2) is 41.1 Å². The summed E-state index contributed by atoms with van der Waals surface area (Å²) >= 11 is 3.23. The molecule has 1 aromatic heterocycles. The zero-order valence-electron chi connectivity index (χ0n) is 11.1. The fraction of sp³-hybridized carbons (Fsp3) is 0.267. The molecule has 0 aliphatic rings. The van der Waals surface area contributed by atoms with Gasteiger partial charge in [0.2, 0.25) is 0 Å². The number of rotatable bonds is 5. The number of hydrogen-bond donors (Lipinski definition) is 1. The van der Waals surface area contributed by atoms with Crippen LogP contribution in [0.25, 0.3) is 0 Å². The average Bonchev–Trinajstić information content (AvgIpc) is 2.45. The van der Waals surface area contributed by atoms with Crippen molar-refractivity contribution in [3.63, 3.8) is 0 Å². The van der Waals surface area contributed by atoms with E-state index in [9.17, 15) is 4.39 Å². The quantitative estimate of drug-likeness (QED) is 0.901. The molecule has 0 aliphatic heterocycles. The molecule has 2 N–H and O–H groups in total. The molecule has 1 aromatic carbocycles. The van der Waals surface area contributed by atoms with Gasteiger partial charge in [-0.3, -0.25) is 4.98 Å². The highest BCUT2D eigenvalue weighted by Crippen LogP contribution is 2.26. The maximum atomic E-state index is 13.9. The number of hydrogen-bond acceptors (Lipinski definition) is 3. The molecule has 0 saturated carbocycles. The Kier molecular flexibility index (Phi) is 5.09. The Labute approximate surface area is 126 Å². The minimum absolute atomic E-state index is 0.341. The van der Waals surface area contributed by atoms with Crippen molar-refractivity contribution >= 4 is 15.9 Å². The van der Waals surface area contributed by atoms with Gasteiger partial charge < -0.3 is 10.5 Å². The molecule has 1 unspecified atom stereocenters. The normalized spacial score (nSPS) is 12.2. The van der Waals surface area contributed by atoms with E-state index in [1.54, 1.807) is 30.6 Å². The summed E-state index contributed by atoms with van der Waals surface area (Å²) in [7, 11) is 0. The molecule has 0 radical (unpaired) electrons. The minimum atomic E-state index is -0.569. The van der Waals surface area contributed by atoms with Gasteiger partial charge in [-0.2, -0.15) is 0 Å². The number of halogens is 2. The molecule has 1 heterocycles. The van der Waals surface area contributed by atoms with E-state index >= 15 is 0 Å². The smallest absolute Gasteiger partial charge is 0.137 e. The molecule has 0 fully saturated rings. The fourth-order valence-corrected chi connectivity index (χ4v) is 2.17. The first-order valence-corrected chi connectivity index (χ1v) is 7.19. The molecule has 0 aliphatic carbocycles. The fourth-order valence-electron chi connectivity index (χ4n) is 1.84. The SMILES string of the molecule is CCCOc1cncc(C(N)c2ccc(Br)cc2F)c1. The van der Waals surface area contributed by atoms with E-state index in [0.29, 0.717) is 22.4 Å². The van der Waals surface area contributed by atoms with Gasteiger partial charge in [0.15, 0.2) is 0 Å². The third-order valence-corrected chi connectivity index (χ3v) is 3.36. The number of aromatic nitrogens is 1. The van der Waals surface area contributed by atoms with Crippen LogP contribution in [0.5, 0.6) is 5.75 Å². The Balaban J connectivity index is 2.26. The van der Waals surface area contributed by atoms with Crippen LogP contribution in [-0.2, 0) is 0 Å². The van der Waals surface area contributed by atoms with Crippen molar-refractivity contribution in [1.29, 1.82) is 0 Å². The second kappa shape index (κ2) is 6.81. The summed E-state index contributed by atoms with van der Waals surface area (Å²) in [5.74, 6) is 0.309. The molecular weight excluding hydrogens is 323 g/mol. The molecule has 0 saturated heterocycles. The van der Waals surface area contributed by atoms with E-state index < -0.39 is 6.04 Å². The van der Waals surface area contributed by atoms with Crippen LogP contribution >= 0.6 is 15.9 Å². The standard InChI is InChI=1S/C15H16BrFN2O/c1-2-5-20-12-6-10(8-19-9-12)15(18)13-4-3-11(16)7-14(13)17/h3-4,6-9,15H,2,5,18H2,1H3. The second-order valence-corrected chi connectivity index (χ2v) is 5.36. The largest absolute Gasteiger partial charge is 0.492 e. The lowest BCUT2D eigenvalue weighted by atomic mass is 10.0. The molecular formula is C15H16BrFN2O. The zero-order valence-corrected chi connectivity index (χ0v) is 12.7. The first-order chi connectivity index (χ1) is 9.61. The van der Waals surface area contributed by atoms with Crippen molar-refractivity contribution in [3.8, 4) is 5.75 Å². The lowest BCUT2D eigenvalue weighted by Gasteiger charge is -2.14. The molecule has 2 aromatic rings. The third kappa shape index (κ3) is 3.55. The minimum Gasteiger partial charge on any atom is -0.492 e. The van der Waals surface area contributed by atoms with Gasteiger partial charge >= 0.3 is 0 Å². The van der Waals surface area contributed by atoms with E-state index in [0.717, 1.165) is 12.0 Å². The van der Waals surface area contributed by atoms with Crippen LogP contribution in [-0.4, -0.2) is 11.6 Å². The summed E-state index contributed by atoms with van der Waals surface area (Å²) in [6, 6.07) is 6.07. The topological polar surface area (TPSA) is 48.1 Å². The first-order valence-electron chi connectivity index (χ1n) is 6.40. The molecule has 5 heteroatoms. The van der Waals surface area contributed by atoms with E-state index in [2.05, 4.69) is 20.9 Å². The summed E-state index contributed by atoms with van der Waals surface area (Å²) in [5.41, 5.74) is 7.27. The highest BCUT2D eigenvalue weighted by molar-refractivity contribution is 9.10. The molecule has 2 rings (SSSR count). The van der Waals surface area contributed by atoms with Gasteiger partial charge in [0.1, 0.15) is 11.6 Å². The van der Waals surface area contributed by atoms with Crippen molar-refractivity contribution in [2.75, 3.05) is 6.61 Å². The van der Waals surface area contributed by atoms with Gasteiger partial charge in [-0.1, -0.05) is 28.9 Å². The van der Waals surface area contributed by atoms with Gasteiger partial charge in [-0.25, -0.2) is 4.39 Å². The van der Waals surface area contributed by atoms with Crippen molar-refractivity contribution < 1.29 is 9.13 Å². The van der Waals surface area contributed by atoms with Gasteiger partial charge in [-0.05, 0) is 30.2 Å². The molecule has 0 spiro atoms. The zero-order chi connectivity index (χ0) is 14.5. The average molecular weight is 339 g/mol. The first kappa shape index (κ1) is 14.9. The lowest BCUT2D eigenvalue weighted by Crippen LogP contribution is -2.14. The maximum absolute atomic E-state index is 13.9. The third-order valence-electron chi connectivity index (χ3n) is 2.86. The van der Waals surface area contributed by atoms with Gasteiger partial charge in [0.05, 0.1) is 18.8 Å². The summed E-state index contributed by atoms with van der Waals surface area (Å²) in [4.78, 5) is 4.09. The van der Waals surface area contributed by atoms with Crippen molar-refractivity contribution in [1.82, 2.24) is 4.98 Å². The number of ether oxygens (including phenoxy) is 1. The second-order valence-electron chi connectivity index (χ2n) is 4.45. The van der Waals surface area contributed by atoms with Crippen molar-refractivity contribution in [3.05, 3.63) is 58.1 Å². The van der Waals surface area contributed by atoms with Crippen LogP contribution in [0.1, 0.15) is 30.5 Å². The van der Waals surface area contributed by atoms with E-state index in [-0.39, 0.29) is 5.82 Å². The van der Waals surface area contributed by atoms with Gasteiger partial charge in [-0.15, -0.1) is 0 Å². The summed E-state index contributed by atoms with van der Waals surface area (Å²) < 4.78 is 20.1. The molecule has 3 nitrogen and oxygen atoms in total. The van der Waals surface area contributed by atoms with Crippen molar-refractivity contribution in [2.24, 2.45) is 5.73 Å². The molecule has 20 heavy (non-hydrogen) atoms. The van der Waals surface area contributed by atoms with Crippen LogP contribution < -0.4 is 10.5 Å². The van der Waals surface area contributed by atoms with Crippen molar-refractivity contribution in [2.45, 2.75) is 19.4 Å². The van der Waals surface area contributed by atoms with Crippen LogP contribution in [0.3, 0.4) is 0 Å². The van der Waals surface area contributed by atoms with E-state index in [1.807, 2.05) is 6.92 Å². The number of benzene rings is 1. The number of nitrogens with two attached hydrogens (primary N) is 1. The van der Waals surface area contributed by atoms with E-state index in [4.69, 9.17) is 10.5 Å². The Morgan fingerprint density at radius 1 is 1.35 bits per heavy atom. The summed E-state index contributed by atoms with van der Waals surface area (Å²) in [5, 5.41) is 0. The molecule has 1 atom stereocenters. The predicted molar refractivity (Wildman–Crippen MR) is 80.2 cm³/mol. The number of pyridine rings is 1. The molecule has 106 valence electrons. The molecule has 0 amide bonds. The Bertz CT molecular complexity index is 592. The highest BCUT2D eigenvalue weighted by atomic mass is 79.9. The molecule has 0 bridgehead atoms. The van der Waals surface area contributed by atoms with Crippen LogP contribution in [0.2, 0.25) is 0 Å². The van der Waals surface area contributed by atoms with Gasteiger partial charge in [0, 0.05) is 16.2 Å². The van der Waals surface area contributed by atoms with E-state index in [1.165, 1.54) is 6.07 Å².